The van der Waals surface area contributed by atoms with Gasteiger partial charge >= 0.3 is 5.97 Å². The average molecular weight is 355 g/mol. The van der Waals surface area contributed by atoms with Crippen LogP contribution in [0.3, 0.4) is 0 Å². The molecule has 0 heterocycles. The molecule has 0 atom stereocenters. The van der Waals surface area contributed by atoms with Crippen LogP contribution in [0.2, 0.25) is 0 Å². The number of rotatable bonds is 7. The topological polar surface area (TPSA) is 73.9 Å². The Morgan fingerprint density at radius 1 is 1.08 bits per heavy atom. The van der Waals surface area contributed by atoms with Crippen molar-refractivity contribution in [3.63, 3.8) is 0 Å². The van der Waals surface area contributed by atoms with Crippen molar-refractivity contribution < 1.29 is 23.8 Å². The molecule has 1 N–H and O–H groups in total. The zero-order chi connectivity index (χ0) is 18.9. The largest absolute Gasteiger partial charge is 0.497 e. The van der Waals surface area contributed by atoms with E-state index in [0.717, 1.165) is 5.56 Å². The van der Waals surface area contributed by atoms with Gasteiger partial charge in [-0.25, -0.2) is 4.79 Å². The van der Waals surface area contributed by atoms with Gasteiger partial charge in [-0.15, -0.1) is 0 Å². The lowest BCUT2D eigenvalue weighted by Gasteiger charge is -2.07. The Bertz CT molecular complexity index is 814. The lowest BCUT2D eigenvalue weighted by molar-refractivity contribution is -0.111. The van der Waals surface area contributed by atoms with Crippen LogP contribution in [-0.2, 0) is 9.53 Å². The second-order valence-electron chi connectivity index (χ2n) is 5.23. The first-order chi connectivity index (χ1) is 12.6. The normalized spacial score (nSPS) is 10.4. The molecular formula is C20H21NO5. The average Bonchev–Trinajstić information content (AvgIpc) is 2.66. The monoisotopic (exact) mass is 355 g/mol. The fourth-order valence-corrected chi connectivity index (χ4v) is 2.24. The third-order valence-corrected chi connectivity index (χ3v) is 3.50. The van der Waals surface area contributed by atoms with Crippen LogP contribution in [0.5, 0.6) is 11.5 Å². The molecule has 0 unspecified atom stereocenters. The zero-order valence-corrected chi connectivity index (χ0v) is 14.9. The Morgan fingerprint density at radius 2 is 1.88 bits per heavy atom. The number of esters is 1. The third-order valence-electron chi connectivity index (χ3n) is 3.50. The molecule has 6 nitrogen and oxygen atoms in total. The standard InChI is InChI=1S/C20H21NO5/c1-4-26-20(23)15-6-5-7-16(12-15)21-19(22)11-9-14-8-10-17(24-2)13-18(14)25-3/h5-13H,4H2,1-3H3,(H,21,22)/b11-9+. The Morgan fingerprint density at radius 3 is 2.58 bits per heavy atom. The van der Waals surface area contributed by atoms with Gasteiger partial charge in [0.25, 0.3) is 0 Å². The summed E-state index contributed by atoms with van der Waals surface area (Å²) in [6.45, 7) is 2.03. The summed E-state index contributed by atoms with van der Waals surface area (Å²) in [7, 11) is 3.12. The zero-order valence-electron chi connectivity index (χ0n) is 14.9. The minimum absolute atomic E-state index is 0.294. The quantitative estimate of drug-likeness (QED) is 0.607. The first-order valence-electron chi connectivity index (χ1n) is 8.05. The Hall–Kier alpha value is -3.28. The highest BCUT2D eigenvalue weighted by Crippen LogP contribution is 2.25. The Labute approximate surface area is 152 Å². The fourth-order valence-electron chi connectivity index (χ4n) is 2.24. The van der Waals surface area contributed by atoms with Crippen LogP contribution >= 0.6 is 0 Å². The van der Waals surface area contributed by atoms with Gasteiger partial charge in [-0.1, -0.05) is 6.07 Å². The molecule has 0 fully saturated rings. The highest BCUT2D eigenvalue weighted by atomic mass is 16.5. The SMILES string of the molecule is CCOC(=O)c1cccc(NC(=O)/C=C/c2ccc(OC)cc2OC)c1. The second kappa shape index (κ2) is 9.27. The molecule has 0 saturated heterocycles. The molecule has 0 aliphatic rings. The van der Waals surface area contributed by atoms with Gasteiger partial charge in [0.2, 0.25) is 5.91 Å². The first kappa shape index (κ1) is 19.1. The summed E-state index contributed by atoms with van der Waals surface area (Å²) < 4.78 is 15.4. The predicted molar refractivity (Wildman–Crippen MR) is 99.6 cm³/mol. The summed E-state index contributed by atoms with van der Waals surface area (Å²) in [4.78, 5) is 23.9. The molecule has 2 aromatic rings. The Kier molecular flexibility index (Phi) is 6.79. The Balaban J connectivity index is 2.08. The van der Waals surface area contributed by atoms with E-state index in [1.54, 1.807) is 69.7 Å². The summed E-state index contributed by atoms with van der Waals surface area (Å²) in [5, 5.41) is 2.71. The van der Waals surface area contributed by atoms with Crippen LogP contribution in [0.4, 0.5) is 5.69 Å². The highest BCUT2D eigenvalue weighted by molar-refractivity contribution is 6.02. The van der Waals surface area contributed by atoms with Gasteiger partial charge in [-0.05, 0) is 43.3 Å². The molecule has 0 aromatic heterocycles. The summed E-state index contributed by atoms with van der Waals surface area (Å²) in [6, 6.07) is 11.9. The summed E-state index contributed by atoms with van der Waals surface area (Å²) in [6.07, 6.45) is 3.03. The van der Waals surface area contributed by atoms with Crippen molar-refractivity contribution in [2.45, 2.75) is 6.92 Å². The first-order valence-corrected chi connectivity index (χ1v) is 8.05. The van der Waals surface area contributed by atoms with Gasteiger partial charge in [0.1, 0.15) is 11.5 Å². The number of methoxy groups -OCH3 is 2. The maximum absolute atomic E-state index is 12.1. The molecule has 2 aromatic carbocycles. The number of amides is 1. The van der Waals surface area contributed by atoms with Crippen molar-refractivity contribution in [1.29, 1.82) is 0 Å². The number of ether oxygens (including phenoxy) is 3. The van der Waals surface area contributed by atoms with Crippen LogP contribution in [0, 0.1) is 0 Å². The molecule has 0 saturated carbocycles. The molecule has 0 spiro atoms. The summed E-state index contributed by atoms with van der Waals surface area (Å²) >= 11 is 0. The van der Waals surface area contributed by atoms with E-state index >= 15 is 0 Å². The lowest BCUT2D eigenvalue weighted by Crippen LogP contribution is -2.09. The van der Waals surface area contributed by atoms with E-state index in [-0.39, 0.29) is 5.91 Å². The number of hydrogen-bond acceptors (Lipinski definition) is 5. The molecule has 0 radical (unpaired) electrons. The van der Waals surface area contributed by atoms with Crippen LogP contribution < -0.4 is 14.8 Å². The van der Waals surface area contributed by atoms with Crippen LogP contribution in [0.1, 0.15) is 22.8 Å². The van der Waals surface area contributed by atoms with Crippen LogP contribution in [0.25, 0.3) is 6.08 Å². The molecular weight excluding hydrogens is 334 g/mol. The third kappa shape index (κ3) is 5.11. The minimum Gasteiger partial charge on any atom is -0.497 e. The van der Waals surface area contributed by atoms with Crippen LogP contribution in [-0.4, -0.2) is 32.7 Å². The molecule has 1 amide bonds. The lowest BCUT2D eigenvalue weighted by atomic mass is 10.1. The minimum atomic E-state index is -0.429. The fraction of sp³-hybridized carbons (Fsp3) is 0.200. The number of carbonyl (C=O) groups excluding carboxylic acids is 2. The molecule has 6 heteroatoms. The number of nitrogens with one attached hydrogen (secondary N) is 1. The maximum atomic E-state index is 12.1. The van der Waals surface area contributed by atoms with E-state index in [0.29, 0.717) is 29.4 Å². The molecule has 0 aliphatic carbocycles. The molecule has 0 aliphatic heterocycles. The molecule has 136 valence electrons. The van der Waals surface area contributed by atoms with Gasteiger partial charge in [-0.2, -0.15) is 0 Å². The smallest absolute Gasteiger partial charge is 0.338 e. The number of hydrogen-bond donors (Lipinski definition) is 1. The van der Waals surface area contributed by atoms with Crippen molar-refractivity contribution in [3.05, 3.63) is 59.7 Å². The number of anilines is 1. The van der Waals surface area contributed by atoms with E-state index < -0.39 is 5.97 Å². The number of carbonyl (C=O) groups is 2. The molecule has 26 heavy (non-hydrogen) atoms. The molecule has 0 bridgehead atoms. The van der Waals surface area contributed by atoms with E-state index in [4.69, 9.17) is 14.2 Å². The van der Waals surface area contributed by atoms with E-state index in [2.05, 4.69) is 5.32 Å². The van der Waals surface area contributed by atoms with Gasteiger partial charge in [0, 0.05) is 23.4 Å². The maximum Gasteiger partial charge on any atom is 0.338 e. The highest BCUT2D eigenvalue weighted by Gasteiger charge is 2.08. The number of benzene rings is 2. The van der Waals surface area contributed by atoms with Crippen LogP contribution in [0.15, 0.2) is 48.5 Å². The van der Waals surface area contributed by atoms with Crippen molar-refractivity contribution in [1.82, 2.24) is 0 Å². The van der Waals surface area contributed by atoms with Gasteiger partial charge in [0.05, 0.1) is 26.4 Å². The van der Waals surface area contributed by atoms with Gasteiger partial charge < -0.3 is 19.5 Å². The van der Waals surface area contributed by atoms with Crippen molar-refractivity contribution in [2.24, 2.45) is 0 Å². The van der Waals surface area contributed by atoms with E-state index in [1.165, 1.54) is 6.08 Å². The van der Waals surface area contributed by atoms with E-state index in [9.17, 15) is 9.59 Å². The van der Waals surface area contributed by atoms with Gasteiger partial charge in [0.15, 0.2) is 0 Å². The summed E-state index contributed by atoms with van der Waals surface area (Å²) in [5.74, 6) is 0.503. The van der Waals surface area contributed by atoms with Gasteiger partial charge in [-0.3, -0.25) is 4.79 Å². The second-order valence-corrected chi connectivity index (χ2v) is 5.23. The van der Waals surface area contributed by atoms with Crippen molar-refractivity contribution in [2.75, 3.05) is 26.1 Å². The van der Waals surface area contributed by atoms with Crippen molar-refractivity contribution in [3.8, 4) is 11.5 Å². The van der Waals surface area contributed by atoms with Crippen molar-refractivity contribution >= 4 is 23.6 Å². The summed E-state index contributed by atoms with van der Waals surface area (Å²) in [5.41, 5.74) is 1.63. The predicted octanol–water partition coefficient (Wildman–Crippen LogP) is 3.53. The van der Waals surface area contributed by atoms with E-state index in [1.807, 2.05) is 0 Å². The molecule has 2 rings (SSSR count).